The van der Waals surface area contributed by atoms with Gasteiger partial charge in [-0.15, -0.1) is 0 Å². The molecule has 1 aromatic heterocycles. The first-order valence-corrected chi connectivity index (χ1v) is 8.37. The molecule has 0 aliphatic heterocycles. The summed E-state index contributed by atoms with van der Waals surface area (Å²) in [6.45, 7) is 5.92. The molecule has 0 aliphatic carbocycles. The van der Waals surface area contributed by atoms with E-state index in [0.29, 0.717) is 12.3 Å². The molecule has 0 amide bonds. The molecule has 26 heavy (non-hydrogen) atoms. The summed E-state index contributed by atoms with van der Waals surface area (Å²) >= 11 is 0. The Bertz CT molecular complexity index is 989. The Morgan fingerprint density at radius 2 is 1.92 bits per heavy atom. The Balaban J connectivity index is 1.92. The molecule has 0 bridgehead atoms. The van der Waals surface area contributed by atoms with E-state index >= 15 is 0 Å². The third kappa shape index (κ3) is 3.39. The van der Waals surface area contributed by atoms with E-state index in [9.17, 15) is 9.90 Å². The molecule has 1 unspecified atom stereocenters. The van der Waals surface area contributed by atoms with Crippen molar-refractivity contribution in [2.24, 2.45) is 7.05 Å². The van der Waals surface area contributed by atoms with Gasteiger partial charge in [-0.3, -0.25) is 0 Å². The van der Waals surface area contributed by atoms with Gasteiger partial charge in [0.05, 0.1) is 11.8 Å². The van der Waals surface area contributed by atoms with Gasteiger partial charge in [0.25, 0.3) is 0 Å². The van der Waals surface area contributed by atoms with Crippen LogP contribution in [-0.4, -0.2) is 24.9 Å². The minimum Gasteiger partial charge on any atom is -0.489 e. The monoisotopic (exact) mass is 354 g/mol. The van der Waals surface area contributed by atoms with Crippen LogP contribution in [0.4, 0.5) is 0 Å². The Morgan fingerprint density at radius 3 is 2.54 bits per heavy atom. The Labute approximate surface area is 151 Å². The molecule has 3 aromatic rings. The Kier molecular flexibility index (Phi) is 4.90. The summed E-state index contributed by atoms with van der Waals surface area (Å²) in [4.78, 5) is 12.2. The van der Waals surface area contributed by atoms with Crippen molar-refractivity contribution in [3.8, 4) is 11.4 Å². The molecule has 0 saturated heterocycles. The maximum Gasteiger partial charge on any atom is 0.368 e. The number of rotatable bonds is 5. The SMILES string of the molecule is Cc1cc(C(C)O)ccc1OCc1c(C)cccc1-n1nnn(C)c1=O. The molecule has 136 valence electrons. The number of aryl methyl sites for hydroxylation is 3. The number of aliphatic hydroxyl groups is 1. The summed E-state index contributed by atoms with van der Waals surface area (Å²) in [7, 11) is 1.56. The lowest BCUT2D eigenvalue weighted by atomic mass is 10.1. The molecule has 0 aliphatic rings. The van der Waals surface area contributed by atoms with Crippen molar-refractivity contribution < 1.29 is 9.84 Å². The summed E-state index contributed by atoms with van der Waals surface area (Å²) in [6.07, 6.45) is -0.519. The van der Waals surface area contributed by atoms with Gasteiger partial charge in [0.1, 0.15) is 12.4 Å². The zero-order chi connectivity index (χ0) is 18.8. The van der Waals surface area contributed by atoms with Crippen molar-refractivity contribution in [2.45, 2.75) is 33.5 Å². The summed E-state index contributed by atoms with van der Waals surface area (Å²) in [6, 6.07) is 11.3. The second kappa shape index (κ2) is 7.13. The van der Waals surface area contributed by atoms with Crippen molar-refractivity contribution in [3.05, 3.63) is 69.1 Å². The molecular formula is C19H22N4O3. The Hall–Kier alpha value is -2.93. The number of hydrogen-bond donors (Lipinski definition) is 1. The maximum atomic E-state index is 12.2. The summed E-state index contributed by atoms with van der Waals surface area (Å²) in [5.41, 5.74) is 4.00. The van der Waals surface area contributed by atoms with Crippen molar-refractivity contribution in [3.63, 3.8) is 0 Å². The molecule has 0 fully saturated rings. The number of hydrogen-bond acceptors (Lipinski definition) is 5. The van der Waals surface area contributed by atoms with E-state index in [1.807, 2.05) is 50.2 Å². The van der Waals surface area contributed by atoms with Gasteiger partial charge in [-0.05, 0) is 66.1 Å². The molecule has 7 nitrogen and oxygen atoms in total. The fourth-order valence-electron chi connectivity index (χ4n) is 2.78. The van der Waals surface area contributed by atoms with Gasteiger partial charge in [-0.2, -0.15) is 9.36 Å². The van der Waals surface area contributed by atoms with E-state index in [4.69, 9.17) is 4.74 Å². The number of ether oxygens (including phenoxy) is 1. The van der Waals surface area contributed by atoms with Crippen LogP contribution in [0.15, 0.2) is 41.2 Å². The van der Waals surface area contributed by atoms with E-state index in [-0.39, 0.29) is 5.69 Å². The van der Waals surface area contributed by atoms with Crippen LogP contribution < -0.4 is 10.4 Å². The lowest BCUT2D eigenvalue weighted by Crippen LogP contribution is -2.23. The molecule has 2 aromatic carbocycles. The highest BCUT2D eigenvalue weighted by Crippen LogP contribution is 2.25. The van der Waals surface area contributed by atoms with E-state index in [1.54, 1.807) is 14.0 Å². The highest BCUT2D eigenvalue weighted by molar-refractivity contribution is 5.45. The van der Waals surface area contributed by atoms with Gasteiger partial charge in [0, 0.05) is 12.6 Å². The van der Waals surface area contributed by atoms with E-state index in [0.717, 1.165) is 28.0 Å². The normalized spacial score (nSPS) is 12.2. The van der Waals surface area contributed by atoms with Crippen molar-refractivity contribution in [1.82, 2.24) is 19.8 Å². The van der Waals surface area contributed by atoms with E-state index in [2.05, 4.69) is 10.4 Å². The first-order chi connectivity index (χ1) is 12.4. The van der Waals surface area contributed by atoms with Gasteiger partial charge in [-0.25, -0.2) is 4.79 Å². The number of benzene rings is 2. The van der Waals surface area contributed by atoms with Crippen LogP contribution in [0.1, 0.15) is 35.3 Å². The number of aromatic nitrogens is 4. The minimum atomic E-state index is -0.519. The van der Waals surface area contributed by atoms with Gasteiger partial charge in [-0.1, -0.05) is 18.2 Å². The molecule has 3 rings (SSSR count). The molecule has 1 atom stereocenters. The van der Waals surface area contributed by atoms with Crippen LogP contribution in [0, 0.1) is 13.8 Å². The molecule has 0 spiro atoms. The van der Waals surface area contributed by atoms with E-state index in [1.165, 1.54) is 9.36 Å². The average Bonchev–Trinajstić information content (AvgIpc) is 2.93. The van der Waals surface area contributed by atoms with Crippen molar-refractivity contribution >= 4 is 0 Å². The molecule has 0 saturated carbocycles. The van der Waals surface area contributed by atoms with Gasteiger partial charge in [0.2, 0.25) is 0 Å². The number of aliphatic hydroxyl groups excluding tert-OH is 1. The van der Waals surface area contributed by atoms with E-state index < -0.39 is 6.10 Å². The second-order valence-electron chi connectivity index (χ2n) is 6.36. The Morgan fingerprint density at radius 1 is 1.15 bits per heavy atom. The highest BCUT2D eigenvalue weighted by Gasteiger charge is 2.14. The summed E-state index contributed by atoms with van der Waals surface area (Å²) in [5, 5.41) is 17.4. The average molecular weight is 354 g/mol. The molecule has 0 radical (unpaired) electrons. The molecule has 1 heterocycles. The zero-order valence-corrected chi connectivity index (χ0v) is 15.3. The van der Waals surface area contributed by atoms with Crippen LogP contribution in [0.5, 0.6) is 5.75 Å². The van der Waals surface area contributed by atoms with Crippen molar-refractivity contribution in [1.29, 1.82) is 0 Å². The van der Waals surface area contributed by atoms with Crippen LogP contribution >= 0.6 is 0 Å². The minimum absolute atomic E-state index is 0.292. The molecule has 7 heteroatoms. The second-order valence-corrected chi connectivity index (χ2v) is 6.36. The van der Waals surface area contributed by atoms with Crippen LogP contribution in [0.3, 0.4) is 0 Å². The zero-order valence-electron chi connectivity index (χ0n) is 15.3. The maximum absolute atomic E-state index is 12.2. The lowest BCUT2D eigenvalue weighted by molar-refractivity contribution is 0.199. The molecule has 1 N–H and O–H groups in total. The standard InChI is InChI=1S/C19H22N4O3/c1-12-6-5-7-17(23-19(25)22(4)20-21-23)16(12)11-26-18-9-8-15(14(3)24)10-13(18)2/h5-10,14,24H,11H2,1-4H3. The molecular weight excluding hydrogens is 332 g/mol. The smallest absolute Gasteiger partial charge is 0.368 e. The number of tetrazole rings is 1. The fourth-order valence-corrected chi connectivity index (χ4v) is 2.78. The van der Waals surface area contributed by atoms with Crippen LogP contribution in [0.2, 0.25) is 0 Å². The predicted molar refractivity (Wildman–Crippen MR) is 97.5 cm³/mol. The van der Waals surface area contributed by atoms with Gasteiger partial charge >= 0.3 is 5.69 Å². The van der Waals surface area contributed by atoms with Crippen LogP contribution in [-0.2, 0) is 13.7 Å². The first kappa shape index (κ1) is 17.9. The van der Waals surface area contributed by atoms with Crippen molar-refractivity contribution in [2.75, 3.05) is 0 Å². The topological polar surface area (TPSA) is 82.2 Å². The van der Waals surface area contributed by atoms with Gasteiger partial charge < -0.3 is 9.84 Å². The highest BCUT2D eigenvalue weighted by atomic mass is 16.5. The number of nitrogens with zero attached hydrogens (tertiary/aromatic N) is 4. The summed E-state index contributed by atoms with van der Waals surface area (Å²) < 4.78 is 8.45. The third-order valence-corrected chi connectivity index (χ3v) is 4.39. The lowest BCUT2D eigenvalue weighted by Gasteiger charge is -2.15. The first-order valence-electron chi connectivity index (χ1n) is 8.37. The van der Waals surface area contributed by atoms with Gasteiger partial charge in [0.15, 0.2) is 0 Å². The summed E-state index contributed by atoms with van der Waals surface area (Å²) in [5.74, 6) is 0.732. The quantitative estimate of drug-likeness (QED) is 0.760. The predicted octanol–water partition coefficient (Wildman–Crippen LogP) is 2.22. The largest absolute Gasteiger partial charge is 0.489 e. The fraction of sp³-hybridized carbons (Fsp3) is 0.316. The third-order valence-electron chi connectivity index (χ3n) is 4.39. The van der Waals surface area contributed by atoms with Crippen LogP contribution in [0.25, 0.3) is 5.69 Å².